The number of halogens is 2. The van der Waals surface area contributed by atoms with Crippen LogP contribution in [0.15, 0.2) is 40.1 Å². The van der Waals surface area contributed by atoms with Gasteiger partial charge in [0.15, 0.2) is 18.1 Å². The number of ether oxygens (including phenoxy) is 1. The van der Waals surface area contributed by atoms with E-state index in [1.165, 1.54) is 13.4 Å². The highest BCUT2D eigenvalue weighted by atomic mass is 35.5. The molecule has 1 aromatic carbocycles. The van der Waals surface area contributed by atoms with Crippen LogP contribution in [-0.4, -0.2) is 43.3 Å². The lowest BCUT2D eigenvalue weighted by atomic mass is 10.1. The molecule has 0 aliphatic heterocycles. The van der Waals surface area contributed by atoms with E-state index in [1.54, 1.807) is 29.2 Å². The Bertz CT molecular complexity index is 772. The van der Waals surface area contributed by atoms with E-state index in [4.69, 9.17) is 37.2 Å². The van der Waals surface area contributed by atoms with Crippen molar-refractivity contribution in [3.63, 3.8) is 0 Å². The summed E-state index contributed by atoms with van der Waals surface area (Å²) in [5, 5.41) is 4.58. The Hall–Kier alpha value is -2.18. The van der Waals surface area contributed by atoms with E-state index in [-0.39, 0.29) is 22.6 Å². The smallest absolute Gasteiger partial charge is 0.263 e. The Kier molecular flexibility index (Phi) is 7.36. The van der Waals surface area contributed by atoms with Gasteiger partial charge < -0.3 is 18.9 Å². The molecule has 0 saturated heterocycles. The minimum atomic E-state index is -0.187. The average Bonchev–Trinajstić information content (AvgIpc) is 3.17. The summed E-state index contributed by atoms with van der Waals surface area (Å²) in [7, 11) is 1.50. The fraction of sp³-hybridized carbons (Fsp3) is 0.333. The highest BCUT2D eigenvalue weighted by Gasteiger charge is 2.19. The summed E-state index contributed by atoms with van der Waals surface area (Å²) in [5.74, 6) is 0.719. The van der Waals surface area contributed by atoms with Gasteiger partial charge in [-0.3, -0.25) is 4.79 Å². The summed E-state index contributed by atoms with van der Waals surface area (Å²) in [6.07, 6.45) is 1.50. The maximum absolute atomic E-state index is 12.1. The Morgan fingerprint density at radius 2 is 1.92 bits per heavy atom. The van der Waals surface area contributed by atoms with Crippen molar-refractivity contribution in [3.8, 4) is 5.75 Å². The topological polar surface area (TPSA) is 64.3 Å². The first-order valence-corrected chi connectivity index (χ1v) is 8.82. The van der Waals surface area contributed by atoms with Crippen LogP contribution in [0, 0.1) is 0 Å². The number of likely N-dealkylation sites (N-methyl/N-ethyl adjacent to an activating group) is 1. The van der Waals surface area contributed by atoms with Gasteiger partial charge in [-0.2, -0.15) is 0 Å². The van der Waals surface area contributed by atoms with Crippen LogP contribution in [0.25, 0.3) is 0 Å². The normalized spacial score (nSPS) is 11.3. The van der Waals surface area contributed by atoms with Gasteiger partial charge in [0.25, 0.3) is 5.91 Å². The molecule has 0 spiro atoms. The molecule has 1 amide bonds. The van der Waals surface area contributed by atoms with E-state index < -0.39 is 0 Å². The lowest BCUT2D eigenvalue weighted by Gasteiger charge is -2.17. The number of rotatable bonds is 8. The van der Waals surface area contributed by atoms with E-state index in [1.807, 2.05) is 13.8 Å². The molecule has 2 aromatic rings. The van der Waals surface area contributed by atoms with Gasteiger partial charge in [-0.1, -0.05) is 28.4 Å². The zero-order valence-corrected chi connectivity index (χ0v) is 16.3. The summed E-state index contributed by atoms with van der Waals surface area (Å²) in [5.41, 5.74) is 0.833. The number of nitrogens with zero attached hydrogens (tertiary/aromatic N) is 2. The van der Waals surface area contributed by atoms with E-state index in [9.17, 15) is 4.79 Å². The zero-order valence-electron chi connectivity index (χ0n) is 14.8. The fourth-order valence-corrected chi connectivity index (χ4v) is 2.82. The second-order valence-corrected chi connectivity index (χ2v) is 5.96. The third-order valence-corrected chi connectivity index (χ3v) is 4.60. The third-order valence-electron chi connectivity index (χ3n) is 3.74. The molecule has 6 nitrogen and oxygen atoms in total. The number of carbonyl (C=O) groups is 1. The number of amides is 1. The van der Waals surface area contributed by atoms with Crippen LogP contribution < -0.4 is 4.74 Å². The van der Waals surface area contributed by atoms with Crippen molar-refractivity contribution in [2.75, 3.05) is 26.8 Å². The molecule has 2 rings (SSSR count). The maximum Gasteiger partial charge on any atom is 0.263 e. The molecule has 8 heteroatoms. The molecule has 0 unspecified atom stereocenters. The molecule has 0 aliphatic rings. The summed E-state index contributed by atoms with van der Waals surface area (Å²) < 4.78 is 10.6. The van der Waals surface area contributed by atoms with Crippen LogP contribution in [0.1, 0.15) is 25.2 Å². The Balaban J connectivity index is 2.31. The van der Waals surface area contributed by atoms with Crippen molar-refractivity contribution >= 4 is 34.8 Å². The number of benzene rings is 1. The van der Waals surface area contributed by atoms with Crippen molar-refractivity contribution in [2.45, 2.75) is 13.8 Å². The van der Waals surface area contributed by atoms with Crippen molar-refractivity contribution in [3.05, 3.63) is 51.9 Å². The largest absolute Gasteiger partial charge is 0.495 e. The average molecular weight is 399 g/mol. The number of furan rings is 1. The first-order chi connectivity index (χ1) is 12.5. The van der Waals surface area contributed by atoms with Crippen molar-refractivity contribution < 1.29 is 18.8 Å². The summed E-state index contributed by atoms with van der Waals surface area (Å²) in [6.45, 7) is 4.82. The monoisotopic (exact) mass is 398 g/mol. The molecule has 0 atom stereocenters. The zero-order chi connectivity index (χ0) is 19.1. The summed E-state index contributed by atoms with van der Waals surface area (Å²) in [6, 6.07) is 6.79. The van der Waals surface area contributed by atoms with Gasteiger partial charge in [0, 0.05) is 18.7 Å². The van der Waals surface area contributed by atoms with Gasteiger partial charge in [-0.05, 0) is 38.1 Å². The summed E-state index contributed by atoms with van der Waals surface area (Å²) in [4.78, 5) is 19.0. The van der Waals surface area contributed by atoms with Gasteiger partial charge in [-0.25, -0.2) is 0 Å². The lowest BCUT2D eigenvalue weighted by Crippen LogP contribution is -2.33. The van der Waals surface area contributed by atoms with Gasteiger partial charge in [-0.15, -0.1) is 0 Å². The molecule has 0 radical (unpaired) electrons. The SMILES string of the molecule is CCN(CC)C(=O)CON=C(c1ccco1)c1ccc(OC)c(Cl)c1Cl. The quantitative estimate of drug-likeness (QED) is 0.492. The van der Waals surface area contributed by atoms with Crippen molar-refractivity contribution in [2.24, 2.45) is 5.16 Å². The Morgan fingerprint density at radius 3 is 2.50 bits per heavy atom. The Labute approximate surface area is 162 Å². The van der Waals surface area contributed by atoms with Crippen LogP contribution in [0.2, 0.25) is 10.0 Å². The molecule has 0 aliphatic carbocycles. The molecule has 1 heterocycles. The molecule has 0 saturated carbocycles. The van der Waals surface area contributed by atoms with Crippen molar-refractivity contribution in [1.29, 1.82) is 0 Å². The molecule has 1 aromatic heterocycles. The van der Waals surface area contributed by atoms with Gasteiger partial charge >= 0.3 is 0 Å². The molecular weight excluding hydrogens is 379 g/mol. The minimum absolute atomic E-state index is 0.156. The highest BCUT2D eigenvalue weighted by Crippen LogP contribution is 2.35. The van der Waals surface area contributed by atoms with Crippen LogP contribution in [0.4, 0.5) is 0 Å². The predicted molar refractivity (Wildman–Crippen MR) is 101 cm³/mol. The van der Waals surface area contributed by atoms with E-state index >= 15 is 0 Å². The van der Waals surface area contributed by atoms with Gasteiger partial charge in [0.1, 0.15) is 10.8 Å². The first kappa shape index (κ1) is 20.1. The molecule has 0 bridgehead atoms. The second kappa shape index (κ2) is 9.50. The minimum Gasteiger partial charge on any atom is -0.495 e. The van der Waals surface area contributed by atoms with E-state index in [0.29, 0.717) is 35.9 Å². The number of carbonyl (C=O) groups excluding carboxylic acids is 1. The van der Waals surface area contributed by atoms with Gasteiger partial charge in [0.2, 0.25) is 0 Å². The van der Waals surface area contributed by atoms with Crippen LogP contribution >= 0.6 is 23.2 Å². The molecule has 26 heavy (non-hydrogen) atoms. The molecule has 0 N–H and O–H groups in total. The van der Waals surface area contributed by atoms with Gasteiger partial charge in [0.05, 0.1) is 18.4 Å². The number of hydrogen-bond donors (Lipinski definition) is 0. The van der Waals surface area contributed by atoms with Crippen molar-refractivity contribution in [1.82, 2.24) is 4.90 Å². The molecule has 140 valence electrons. The fourth-order valence-electron chi connectivity index (χ4n) is 2.33. The molecule has 0 fully saturated rings. The lowest BCUT2D eigenvalue weighted by molar-refractivity contribution is -0.135. The highest BCUT2D eigenvalue weighted by molar-refractivity contribution is 6.45. The van der Waals surface area contributed by atoms with Crippen LogP contribution in [-0.2, 0) is 9.63 Å². The maximum atomic E-state index is 12.1. The number of methoxy groups -OCH3 is 1. The number of oxime groups is 1. The molecular formula is C18H20Cl2N2O4. The van der Waals surface area contributed by atoms with Crippen LogP contribution in [0.3, 0.4) is 0 Å². The van der Waals surface area contributed by atoms with E-state index in [0.717, 1.165) is 0 Å². The van der Waals surface area contributed by atoms with Crippen LogP contribution in [0.5, 0.6) is 5.75 Å². The Morgan fingerprint density at radius 1 is 1.19 bits per heavy atom. The third kappa shape index (κ3) is 4.51. The van der Waals surface area contributed by atoms with E-state index in [2.05, 4.69) is 5.16 Å². The first-order valence-electron chi connectivity index (χ1n) is 8.07. The standard InChI is InChI=1S/C18H20Cl2N2O4/c1-4-22(5-2)15(23)11-26-21-18(14-7-6-10-25-14)12-8-9-13(24-3)17(20)16(12)19/h6-10H,4-5,11H2,1-3H3. The predicted octanol–water partition coefficient (Wildman–Crippen LogP) is 4.23. The second-order valence-electron chi connectivity index (χ2n) is 5.20. The summed E-state index contributed by atoms with van der Waals surface area (Å²) >= 11 is 12.6. The number of hydrogen-bond acceptors (Lipinski definition) is 5.